The maximum Gasteiger partial charge on any atom is 0.408 e. The molecule has 2 aliphatic carbocycles. The molecule has 41 heavy (non-hydrogen) atoms. The van der Waals surface area contributed by atoms with Gasteiger partial charge in [-0.25, -0.2) is 4.79 Å². The predicted octanol–water partition coefficient (Wildman–Crippen LogP) is 5.68. The predicted molar refractivity (Wildman–Crippen MR) is 160 cm³/mol. The molecule has 7 heteroatoms. The van der Waals surface area contributed by atoms with Crippen LogP contribution in [0, 0.1) is 12.3 Å². The van der Waals surface area contributed by atoms with Crippen LogP contribution in [-0.2, 0) is 20.7 Å². The lowest BCUT2D eigenvalue weighted by atomic mass is 9.87. The van der Waals surface area contributed by atoms with Crippen LogP contribution in [0.15, 0.2) is 54.6 Å². The number of benzene rings is 2. The number of rotatable bonds is 9. The second-order valence-corrected chi connectivity index (χ2v) is 12.2. The lowest BCUT2D eigenvalue weighted by molar-refractivity contribution is -0.147. The van der Waals surface area contributed by atoms with E-state index in [2.05, 4.69) is 16.6 Å². The quantitative estimate of drug-likeness (QED) is 0.389. The van der Waals surface area contributed by atoms with Crippen LogP contribution in [-0.4, -0.2) is 46.5 Å². The zero-order valence-electron chi connectivity index (χ0n) is 24.5. The Bertz CT molecular complexity index is 1220. The van der Waals surface area contributed by atoms with Gasteiger partial charge >= 0.3 is 6.09 Å². The van der Waals surface area contributed by atoms with Crippen molar-refractivity contribution in [1.82, 2.24) is 15.5 Å². The van der Waals surface area contributed by atoms with E-state index in [1.165, 1.54) is 6.42 Å². The minimum absolute atomic E-state index is 0.0853. The van der Waals surface area contributed by atoms with Crippen molar-refractivity contribution in [3.8, 4) is 12.3 Å². The summed E-state index contributed by atoms with van der Waals surface area (Å²) in [5, 5.41) is 6.10. The Morgan fingerprint density at radius 3 is 2.17 bits per heavy atom. The number of hydrogen-bond donors (Lipinski definition) is 2. The highest BCUT2D eigenvalue weighted by Crippen LogP contribution is 2.34. The number of nitrogens with one attached hydrogen (secondary N) is 2. The van der Waals surface area contributed by atoms with E-state index in [9.17, 15) is 14.4 Å². The van der Waals surface area contributed by atoms with Crippen molar-refractivity contribution in [2.24, 2.45) is 0 Å². The van der Waals surface area contributed by atoms with Crippen LogP contribution >= 0.6 is 0 Å². The molecule has 2 saturated carbocycles. The molecule has 0 aromatic heterocycles. The van der Waals surface area contributed by atoms with Crippen molar-refractivity contribution in [3.63, 3.8) is 0 Å². The van der Waals surface area contributed by atoms with Gasteiger partial charge in [0.25, 0.3) is 0 Å². The van der Waals surface area contributed by atoms with Gasteiger partial charge < -0.3 is 20.3 Å². The summed E-state index contributed by atoms with van der Waals surface area (Å²) in [5.74, 6) is 2.14. The molecule has 0 saturated heterocycles. The number of nitrogens with zero attached hydrogens (tertiary/aromatic N) is 1. The topological polar surface area (TPSA) is 87.7 Å². The first-order valence-electron chi connectivity index (χ1n) is 14.9. The summed E-state index contributed by atoms with van der Waals surface area (Å²) in [6.07, 6.45) is 13.0. The molecule has 0 spiro atoms. The van der Waals surface area contributed by atoms with Crippen LogP contribution in [0.5, 0.6) is 0 Å². The second-order valence-electron chi connectivity index (χ2n) is 12.2. The molecule has 7 nitrogen and oxygen atoms in total. The Balaban J connectivity index is 1.70. The minimum Gasteiger partial charge on any atom is -0.444 e. The molecular weight excluding hydrogens is 514 g/mol. The van der Waals surface area contributed by atoms with Gasteiger partial charge in [-0.3, -0.25) is 9.59 Å². The number of alkyl carbamates (subject to hydrolysis) is 1. The number of ether oxygens (including phenoxy) is 1. The van der Waals surface area contributed by atoms with E-state index < -0.39 is 23.8 Å². The molecule has 2 aliphatic rings. The molecule has 0 radical (unpaired) electrons. The molecule has 2 aromatic carbocycles. The van der Waals surface area contributed by atoms with Gasteiger partial charge in [0.1, 0.15) is 17.7 Å². The molecule has 0 heterocycles. The fraction of sp³-hybridized carbons (Fsp3) is 0.500. The minimum atomic E-state index is -0.914. The fourth-order valence-corrected chi connectivity index (χ4v) is 5.59. The van der Waals surface area contributed by atoms with Gasteiger partial charge in [-0.2, -0.15) is 0 Å². The largest absolute Gasteiger partial charge is 0.444 e. The lowest BCUT2D eigenvalue weighted by Gasteiger charge is -2.44. The zero-order chi connectivity index (χ0) is 29.4. The SMILES string of the molecule is C#Cc1ccc(C(C(=O)NC2CCCCC2)N(C(=O)C(Cc2ccccc2)NC(=O)OC(C)(C)C)C2CCC2)cc1. The van der Waals surface area contributed by atoms with E-state index in [0.29, 0.717) is 11.1 Å². The highest BCUT2D eigenvalue weighted by molar-refractivity contribution is 5.92. The van der Waals surface area contributed by atoms with Crippen LogP contribution in [0.25, 0.3) is 0 Å². The number of amides is 3. The molecule has 0 bridgehead atoms. The third-order valence-corrected chi connectivity index (χ3v) is 7.87. The highest BCUT2D eigenvalue weighted by Gasteiger charge is 2.42. The van der Waals surface area contributed by atoms with Gasteiger partial charge in [-0.15, -0.1) is 6.42 Å². The maximum absolute atomic E-state index is 14.6. The van der Waals surface area contributed by atoms with Gasteiger partial charge in [0.05, 0.1) is 0 Å². The van der Waals surface area contributed by atoms with Crippen LogP contribution in [0.1, 0.15) is 94.9 Å². The molecule has 2 unspecified atom stereocenters. The van der Waals surface area contributed by atoms with Crippen molar-refractivity contribution < 1.29 is 19.1 Å². The first kappa shape index (κ1) is 30.2. The maximum atomic E-state index is 14.6. The molecule has 2 N–H and O–H groups in total. The van der Waals surface area contributed by atoms with Crippen molar-refractivity contribution in [3.05, 3.63) is 71.3 Å². The summed E-state index contributed by atoms with van der Waals surface area (Å²) in [6, 6.07) is 15.1. The van der Waals surface area contributed by atoms with E-state index in [4.69, 9.17) is 11.2 Å². The third kappa shape index (κ3) is 8.36. The monoisotopic (exact) mass is 557 g/mol. The molecule has 0 aliphatic heterocycles. The first-order valence-corrected chi connectivity index (χ1v) is 14.9. The van der Waals surface area contributed by atoms with Gasteiger partial charge in [-0.05, 0) is 76.1 Å². The smallest absolute Gasteiger partial charge is 0.408 e. The van der Waals surface area contributed by atoms with Crippen LogP contribution in [0.4, 0.5) is 4.79 Å². The number of carbonyl (C=O) groups is 3. The summed E-state index contributed by atoms with van der Waals surface area (Å²) < 4.78 is 5.54. The summed E-state index contributed by atoms with van der Waals surface area (Å²) in [5.41, 5.74) is 1.58. The highest BCUT2D eigenvalue weighted by atomic mass is 16.6. The summed E-state index contributed by atoms with van der Waals surface area (Å²) in [6.45, 7) is 5.35. The van der Waals surface area contributed by atoms with E-state index >= 15 is 0 Å². The standard InChI is InChI=1S/C34H43N3O4/c1-5-24-19-21-26(22-20-24)30(31(38)35-27-15-10-7-11-16-27)37(28-17-12-18-28)32(39)29(23-25-13-8-6-9-14-25)36-33(40)41-34(2,3)4/h1,6,8-9,13-14,19-22,27-30H,7,10-12,15-18,23H2,2-4H3,(H,35,38)(H,36,40). The Kier molecular flexibility index (Phi) is 10.1. The van der Waals surface area contributed by atoms with E-state index in [1.807, 2.05) is 42.5 Å². The molecule has 4 rings (SSSR count). The molecule has 2 atom stereocenters. The summed E-state index contributed by atoms with van der Waals surface area (Å²) >= 11 is 0. The zero-order valence-corrected chi connectivity index (χ0v) is 24.5. The van der Waals surface area contributed by atoms with Gasteiger partial charge in [0, 0.05) is 24.1 Å². The van der Waals surface area contributed by atoms with Crippen molar-refractivity contribution in [2.45, 2.75) is 108 Å². The van der Waals surface area contributed by atoms with Crippen molar-refractivity contribution in [1.29, 1.82) is 0 Å². The molecule has 2 fully saturated rings. The molecule has 218 valence electrons. The first-order chi connectivity index (χ1) is 19.6. The Morgan fingerprint density at radius 2 is 1.61 bits per heavy atom. The lowest BCUT2D eigenvalue weighted by Crippen LogP contribution is -2.58. The molecule has 3 amide bonds. The van der Waals surface area contributed by atoms with Gasteiger partial charge in [0.2, 0.25) is 11.8 Å². The van der Waals surface area contributed by atoms with E-state index in [1.54, 1.807) is 37.8 Å². The van der Waals surface area contributed by atoms with E-state index in [-0.39, 0.29) is 30.3 Å². The number of hydrogen-bond acceptors (Lipinski definition) is 4. The van der Waals surface area contributed by atoms with Crippen molar-refractivity contribution in [2.75, 3.05) is 0 Å². The molecular formula is C34H43N3O4. The average Bonchev–Trinajstić information content (AvgIpc) is 2.91. The Morgan fingerprint density at radius 1 is 0.951 bits per heavy atom. The van der Waals surface area contributed by atoms with E-state index in [0.717, 1.165) is 50.5 Å². The molecule has 2 aromatic rings. The van der Waals surface area contributed by atoms with Crippen LogP contribution in [0.2, 0.25) is 0 Å². The number of carbonyl (C=O) groups excluding carboxylic acids is 3. The second kappa shape index (κ2) is 13.7. The number of terminal acetylenes is 1. The van der Waals surface area contributed by atoms with Crippen LogP contribution in [0.3, 0.4) is 0 Å². The average molecular weight is 558 g/mol. The van der Waals surface area contributed by atoms with Gasteiger partial charge in [0.15, 0.2) is 0 Å². The summed E-state index contributed by atoms with van der Waals surface area (Å²) in [7, 11) is 0. The van der Waals surface area contributed by atoms with Crippen molar-refractivity contribution >= 4 is 17.9 Å². The van der Waals surface area contributed by atoms with Gasteiger partial charge in [-0.1, -0.05) is 67.6 Å². The normalized spacial score (nSPS) is 17.3. The van der Waals surface area contributed by atoms with Crippen LogP contribution < -0.4 is 10.6 Å². The Labute approximate surface area is 244 Å². The summed E-state index contributed by atoms with van der Waals surface area (Å²) in [4.78, 5) is 43.3. The Hall–Kier alpha value is -3.79. The third-order valence-electron chi connectivity index (χ3n) is 7.87. The fourth-order valence-electron chi connectivity index (χ4n) is 5.59.